The summed E-state index contributed by atoms with van der Waals surface area (Å²) in [6.45, 7) is 5.21. The Balaban J connectivity index is 2.55. The van der Waals surface area contributed by atoms with E-state index in [1.807, 2.05) is 13.8 Å². The van der Waals surface area contributed by atoms with Crippen molar-refractivity contribution in [2.24, 2.45) is 0 Å². The van der Waals surface area contributed by atoms with E-state index in [9.17, 15) is 9.90 Å². The molecule has 3 unspecified atom stereocenters. The molecule has 1 aliphatic heterocycles. The summed E-state index contributed by atoms with van der Waals surface area (Å²) >= 11 is 0. The molecular formula is C9H17NO3. The van der Waals surface area contributed by atoms with Gasteiger partial charge in [-0.1, -0.05) is 0 Å². The molecular weight excluding hydrogens is 170 g/mol. The number of rotatable bonds is 1. The minimum absolute atomic E-state index is 0.0928. The van der Waals surface area contributed by atoms with Crippen molar-refractivity contribution in [2.45, 2.75) is 51.5 Å². The second-order valence-corrected chi connectivity index (χ2v) is 3.69. The maximum Gasteiger partial charge on any atom is 0.217 e. The van der Waals surface area contributed by atoms with Gasteiger partial charge in [-0.3, -0.25) is 4.79 Å². The molecule has 76 valence electrons. The molecule has 0 radical (unpaired) electrons. The summed E-state index contributed by atoms with van der Waals surface area (Å²) < 4.78 is 5.41. The van der Waals surface area contributed by atoms with Crippen molar-refractivity contribution in [3.63, 3.8) is 0 Å². The van der Waals surface area contributed by atoms with Gasteiger partial charge < -0.3 is 15.2 Å². The monoisotopic (exact) mass is 187 g/mol. The van der Waals surface area contributed by atoms with Gasteiger partial charge in [-0.05, 0) is 20.3 Å². The first-order chi connectivity index (χ1) is 6.00. The first-order valence-corrected chi connectivity index (χ1v) is 4.61. The molecule has 0 aromatic rings. The van der Waals surface area contributed by atoms with Crippen molar-refractivity contribution >= 4 is 5.91 Å². The summed E-state index contributed by atoms with van der Waals surface area (Å²) in [6.07, 6.45) is -0.0404. The Morgan fingerprint density at radius 1 is 1.54 bits per heavy atom. The van der Waals surface area contributed by atoms with Crippen LogP contribution < -0.4 is 5.32 Å². The van der Waals surface area contributed by atoms with Gasteiger partial charge in [0.25, 0.3) is 0 Å². The zero-order valence-corrected chi connectivity index (χ0v) is 8.28. The van der Waals surface area contributed by atoms with Crippen LogP contribution in [0.1, 0.15) is 27.2 Å². The molecule has 0 aromatic heterocycles. The third-order valence-electron chi connectivity index (χ3n) is 2.31. The Hall–Kier alpha value is -0.610. The molecule has 1 heterocycles. The lowest BCUT2D eigenvalue weighted by Gasteiger charge is -2.36. The zero-order valence-electron chi connectivity index (χ0n) is 8.28. The van der Waals surface area contributed by atoms with Crippen LogP contribution in [0.4, 0.5) is 0 Å². The molecule has 0 spiro atoms. The van der Waals surface area contributed by atoms with Crippen LogP contribution in [0.15, 0.2) is 0 Å². The number of nitrogens with one attached hydrogen (secondary N) is 1. The van der Waals surface area contributed by atoms with Gasteiger partial charge >= 0.3 is 0 Å². The van der Waals surface area contributed by atoms with E-state index in [4.69, 9.17) is 4.74 Å². The number of hydrogen-bond acceptors (Lipinski definition) is 3. The van der Waals surface area contributed by atoms with Gasteiger partial charge in [0.2, 0.25) is 5.91 Å². The quantitative estimate of drug-likeness (QED) is 0.610. The summed E-state index contributed by atoms with van der Waals surface area (Å²) in [4.78, 5) is 10.8. The van der Waals surface area contributed by atoms with Gasteiger partial charge in [0, 0.05) is 6.92 Å². The Bertz CT molecular complexity index is 195. The molecule has 1 rings (SSSR count). The highest BCUT2D eigenvalue weighted by Gasteiger charge is 2.33. The minimum Gasteiger partial charge on any atom is -0.388 e. The Morgan fingerprint density at radius 3 is 2.69 bits per heavy atom. The SMILES string of the molecule is CC(=O)NC1CC(C)O[C@H](C)C1O. The first-order valence-electron chi connectivity index (χ1n) is 4.61. The first kappa shape index (κ1) is 10.5. The lowest BCUT2D eigenvalue weighted by Crippen LogP contribution is -2.53. The van der Waals surface area contributed by atoms with Crippen molar-refractivity contribution in [2.75, 3.05) is 0 Å². The smallest absolute Gasteiger partial charge is 0.217 e. The van der Waals surface area contributed by atoms with E-state index in [1.165, 1.54) is 6.92 Å². The van der Waals surface area contributed by atoms with Crippen molar-refractivity contribution in [3.8, 4) is 0 Å². The maximum absolute atomic E-state index is 10.8. The van der Waals surface area contributed by atoms with E-state index in [1.54, 1.807) is 0 Å². The van der Waals surface area contributed by atoms with Gasteiger partial charge in [-0.2, -0.15) is 0 Å². The van der Waals surface area contributed by atoms with E-state index in [-0.39, 0.29) is 24.2 Å². The second-order valence-electron chi connectivity index (χ2n) is 3.69. The Morgan fingerprint density at radius 2 is 2.15 bits per heavy atom. The highest BCUT2D eigenvalue weighted by molar-refractivity contribution is 5.73. The molecule has 1 amide bonds. The van der Waals surface area contributed by atoms with Crippen molar-refractivity contribution in [3.05, 3.63) is 0 Å². The molecule has 4 heteroatoms. The normalized spacial score (nSPS) is 40.0. The largest absolute Gasteiger partial charge is 0.388 e. The van der Waals surface area contributed by atoms with E-state index in [0.717, 1.165) is 0 Å². The Labute approximate surface area is 78.3 Å². The molecule has 0 aromatic carbocycles. The van der Waals surface area contributed by atoms with Crippen LogP contribution in [0.5, 0.6) is 0 Å². The molecule has 0 bridgehead atoms. The van der Waals surface area contributed by atoms with Crippen molar-refractivity contribution in [1.82, 2.24) is 5.32 Å². The molecule has 4 nitrogen and oxygen atoms in total. The highest BCUT2D eigenvalue weighted by atomic mass is 16.5. The van der Waals surface area contributed by atoms with E-state index in [2.05, 4.69) is 5.32 Å². The molecule has 1 saturated heterocycles. The van der Waals surface area contributed by atoms with Crippen LogP contribution in [0.2, 0.25) is 0 Å². The van der Waals surface area contributed by atoms with Crippen LogP contribution >= 0.6 is 0 Å². The molecule has 0 aliphatic carbocycles. The number of carbonyl (C=O) groups excluding carboxylic acids is 1. The molecule has 1 fully saturated rings. The van der Waals surface area contributed by atoms with E-state index < -0.39 is 6.10 Å². The summed E-state index contributed by atoms with van der Waals surface area (Å²) in [5.74, 6) is -0.106. The number of hydrogen-bond donors (Lipinski definition) is 2. The van der Waals surface area contributed by atoms with E-state index >= 15 is 0 Å². The number of carbonyl (C=O) groups is 1. The predicted molar refractivity (Wildman–Crippen MR) is 48.2 cm³/mol. The average molecular weight is 187 g/mol. The van der Waals surface area contributed by atoms with Gasteiger partial charge in [0.15, 0.2) is 0 Å². The minimum atomic E-state index is -0.597. The molecule has 2 N–H and O–H groups in total. The maximum atomic E-state index is 10.8. The van der Waals surface area contributed by atoms with Crippen LogP contribution in [0.25, 0.3) is 0 Å². The summed E-state index contributed by atoms with van der Waals surface area (Å²) in [7, 11) is 0. The van der Waals surface area contributed by atoms with Gasteiger partial charge in [0.05, 0.1) is 18.2 Å². The predicted octanol–water partition coefficient (Wildman–Crippen LogP) is 0.0493. The summed E-state index contributed by atoms with van der Waals surface area (Å²) in [5, 5.41) is 12.4. The Kier molecular flexibility index (Phi) is 3.27. The standard InChI is InChI=1S/C9H17NO3/c1-5-4-8(10-7(3)11)9(12)6(2)13-5/h5-6,8-9,12H,4H2,1-3H3,(H,10,11)/t5?,6-,8?,9?/m1/s1. The van der Waals surface area contributed by atoms with Gasteiger partial charge in [0.1, 0.15) is 6.10 Å². The lowest BCUT2D eigenvalue weighted by atomic mass is 9.97. The lowest BCUT2D eigenvalue weighted by molar-refractivity contribution is -0.132. The third-order valence-corrected chi connectivity index (χ3v) is 2.31. The topological polar surface area (TPSA) is 58.6 Å². The average Bonchev–Trinajstić information content (AvgIpc) is 1.98. The second kappa shape index (κ2) is 4.07. The molecule has 0 saturated carbocycles. The van der Waals surface area contributed by atoms with Crippen LogP contribution in [0.3, 0.4) is 0 Å². The fourth-order valence-corrected chi connectivity index (χ4v) is 1.73. The van der Waals surface area contributed by atoms with E-state index in [0.29, 0.717) is 6.42 Å². The highest BCUT2D eigenvalue weighted by Crippen LogP contribution is 2.19. The fraction of sp³-hybridized carbons (Fsp3) is 0.889. The molecule has 13 heavy (non-hydrogen) atoms. The van der Waals surface area contributed by atoms with Crippen molar-refractivity contribution < 1.29 is 14.6 Å². The molecule has 1 aliphatic rings. The van der Waals surface area contributed by atoms with Gasteiger partial charge in [-0.25, -0.2) is 0 Å². The van der Waals surface area contributed by atoms with Crippen molar-refractivity contribution in [1.29, 1.82) is 0 Å². The summed E-state index contributed by atoms with van der Waals surface area (Å²) in [5.41, 5.74) is 0. The summed E-state index contributed by atoms with van der Waals surface area (Å²) in [6, 6.07) is -0.170. The zero-order chi connectivity index (χ0) is 10.0. The number of aliphatic hydroxyl groups excluding tert-OH is 1. The van der Waals surface area contributed by atoms with Crippen LogP contribution in [0, 0.1) is 0 Å². The van der Waals surface area contributed by atoms with Crippen LogP contribution in [-0.2, 0) is 9.53 Å². The number of amides is 1. The fourth-order valence-electron chi connectivity index (χ4n) is 1.73. The van der Waals surface area contributed by atoms with Gasteiger partial charge in [-0.15, -0.1) is 0 Å². The van der Waals surface area contributed by atoms with Crippen LogP contribution in [-0.4, -0.2) is 35.4 Å². The third kappa shape index (κ3) is 2.67. The number of aliphatic hydroxyl groups is 1. The molecule has 4 atom stereocenters. The number of ether oxygens (including phenoxy) is 1.